The van der Waals surface area contributed by atoms with Crippen LogP contribution in [-0.4, -0.2) is 6.04 Å². The van der Waals surface area contributed by atoms with Gasteiger partial charge in [0.15, 0.2) is 0 Å². The Morgan fingerprint density at radius 3 is 2.36 bits per heavy atom. The zero-order chi connectivity index (χ0) is 10.7. The van der Waals surface area contributed by atoms with Gasteiger partial charge in [-0.2, -0.15) is 0 Å². The molecule has 0 saturated carbocycles. The Labute approximate surface area is 85.3 Å². The predicted molar refractivity (Wildman–Crippen MR) is 59.1 cm³/mol. The Morgan fingerprint density at radius 1 is 1.21 bits per heavy atom. The number of anilines is 1. The highest BCUT2D eigenvalue weighted by Crippen LogP contribution is 2.17. The summed E-state index contributed by atoms with van der Waals surface area (Å²) in [5.41, 5.74) is 1.54. The van der Waals surface area contributed by atoms with Gasteiger partial charge in [0.2, 0.25) is 0 Å². The Bertz CT molecular complexity index is 307. The van der Waals surface area contributed by atoms with Crippen molar-refractivity contribution in [3.8, 4) is 0 Å². The molecule has 14 heavy (non-hydrogen) atoms. The first-order valence-electron chi connectivity index (χ1n) is 5.03. The van der Waals surface area contributed by atoms with Crippen LogP contribution in [0, 0.1) is 18.7 Å². The number of aryl methyl sites for hydroxylation is 1. The van der Waals surface area contributed by atoms with Crippen LogP contribution in [0.3, 0.4) is 0 Å². The van der Waals surface area contributed by atoms with Gasteiger partial charge in [-0.25, -0.2) is 4.39 Å². The van der Waals surface area contributed by atoms with Crippen LogP contribution in [0.1, 0.15) is 26.3 Å². The third-order valence-corrected chi connectivity index (χ3v) is 2.51. The Balaban J connectivity index is 2.77. The smallest absolute Gasteiger partial charge is 0.146 e. The summed E-state index contributed by atoms with van der Waals surface area (Å²) in [7, 11) is 0. The lowest BCUT2D eigenvalue weighted by atomic mass is 10.1. The summed E-state index contributed by atoms with van der Waals surface area (Å²) in [6.45, 7) is 8.18. The fourth-order valence-corrected chi connectivity index (χ4v) is 1.15. The van der Waals surface area contributed by atoms with Crippen LogP contribution in [0.15, 0.2) is 18.2 Å². The second-order valence-corrected chi connectivity index (χ2v) is 4.16. The highest BCUT2D eigenvalue weighted by molar-refractivity contribution is 5.46. The van der Waals surface area contributed by atoms with E-state index < -0.39 is 0 Å². The number of halogens is 1. The second kappa shape index (κ2) is 4.45. The minimum Gasteiger partial charge on any atom is -0.380 e. The molecule has 0 bridgehead atoms. The summed E-state index contributed by atoms with van der Waals surface area (Å²) in [6, 6.07) is 5.55. The van der Waals surface area contributed by atoms with Crippen molar-refractivity contribution in [2.24, 2.45) is 5.92 Å². The molecule has 2 heteroatoms. The molecule has 0 fully saturated rings. The van der Waals surface area contributed by atoms with Crippen LogP contribution in [0.5, 0.6) is 0 Å². The number of hydrogen-bond donors (Lipinski definition) is 1. The number of nitrogens with one attached hydrogen (secondary N) is 1. The van der Waals surface area contributed by atoms with Crippen molar-refractivity contribution < 1.29 is 4.39 Å². The second-order valence-electron chi connectivity index (χ2n) is 4.16. The standard InChI is InChI=1S/C12H18FN/c1-8(2)10(4)14-12-6-5-9(3)7-11(12)13/h5-8,10,14H,1-4H3. The summed E-state index contributed by atoms with van der Waals surface area (Å²) >= 11 is 0. The Morgan fingerprint density at radius 2 is 1.86 bits per heavy atom. The van der Waals surface area contributed by atoms with E-state index in [1.807, 2.05) is 13.0 Å². The lowest BCUT2D eigenvalue weighted by Crippen LogP contribution is -2.22. The quantitative estimate of drug-likeness (QED) is 0.777. The van der Waals surface area contributed by atoms with E-state index in [1.165, 1.54) is 0 Å². The molecule has 1 unspecified atom stereocenters. The predicted octanol–water partition coefficient (Wildman–Crippen LogP) is 3.59. The largest absolute Gasteiger partial charge is 0.380 e. The number of benzene rings is 1. The molecular formula is C12H18FN. The van der Waals surface area contributed by atoms with E-state index >= 15 is 0 Å². The van der Waals surface area contributed by atoms with Crippen molar-refractivity contribution >= 4 is 5.69 Å². The van der Waals surface area contributed by atoms with Crippen LogP contribution >= 0.6 is 0 Å². The van der Waals surface area contributed by atoms with Crippen LogP contribution in [0.2, 0.25) is 0 Å². The first-order valence-corrected chi connectivity index (χ1v) is 5.03. The van der Waals surface area contributed by atoms with Gasteiger partial charge in [0.25, 0.3) is 0 Å². The Hall–Kier alpha value is -1.05. The lowest BCUT2D eigenvalue weighted by Gasteiger charge is -2.19. The highest BCUT2D eigenvalue weighted by atomic mass is 19.1. The van der Waals surface area contributed by atoms with Gasteiger partial charge in [-0.15, -0.1) is 0 Å². The maximum Gasteiger partial charge on any atom is 0.146 e. The maximum atomic E-state index is 13.4. The molecule has 1 aromatic rings. The minimum atomic E-state index is -0.169. The van der Waals surface area contributed by atoms with Gasteiger partial charge in [-0.3, -0.25) is 0 Å². The maximum absolute atomic E-state index is 13.4. The van der Waals surface area contributed by atoms with Crippen molar-refractivity contribution in [2.45, 2.75) is 33.7 Å². The number of hydrogen-bond acceptors (Lipinski definition) is 1. The van der Waals surface area contributed by atoms with E-state index in [4.69, 9.17) is 0 Å². The molecule has 0 aliphatic heterocycles. The van der Waals surface area contributed by atoms with E-state index in [-0.39, 0.29) is 11.9 Å². The van der Waals surface area contributed by atoms with E-state index in [1.54, 1.807) is 12.1 Å². The SMILES string of the molecule is Cc1ccc(NC(C)C(C)C)c(F)c1. The van der Waals surface area contributed by atoms with Crippen LogP contribution in [0.4, 0.5) is 10.1 Å². The van der Waals surface area contributed by atoms with E-state index in [9.17, 15) is 4.39 Å². The zero-order valence-corrected chi connectivity index (χ0v) is 9.26. The topological polar surface area (TPSA) is 12.0 Å². The van der Waals surface area contributed by atoms with Crippen molar-refractivity contribution in [3.63, 3.8) is 0 Å². The van der Waals surface area contributed by atoms with E-state index in [0.29, 0.717) is 11.6 Å². The first-order chi connectivity index (χ1) is 6.50. The normalized spacial score (nSPS) is 13.0. The molecule has 1 aromatic carbocycles. The summed E-state index contributed by atoms with van der Waals surface area (Å²) < 4.78 is 13.4. The van der Waals surface area contributed by atoms with Gasteiger partial charge in [0, 0.05) is 6.04 Å². The molecule has 0 aliphatic carbocycles. The molecule has 0 aromatic heterocycles. The van der Waals surface area contributed by atoms with Crippen LogP contribution in [-0.2, 0) is 0 Å². The van der Waals surface area contributed by atoms with Gasteiger partial charge < -0.3 is 5.32 Å². The lowest BCUT2D eigenvalue weighted by molar-refractivity contribution is 0.552. The highest BCUT2D eigenvalue weighted by Gasteiger charge is 2.09. The van der Waals surface area contributed by atoms with Crippen LogP contribution in [0.25, 0.3) is 0 Å². The summed E-state index contributed by atoms with van der Waals surface area (Å²) in [5, 5.41) is 3.16. The van der Waals surface area contributed by atoms with E-state index in [0.717, 1.165) is 5.56 Å². The molecule has 0 radical (unpaired) electrons. The monoisotopic (exact) mass is 195 g/mol. The van der Waals surface area contributed by atoms with Gasteiger partial charge >= 0.3 is 0 Å². The fourth-order valence-electron chi connectivity index (χ4n) is 1.15. The van der Waals surface area contributed by atoms with Gasteiger partial charge in [-0.05, 0) is 37.5 Å². The van der Waals surface area contributed by atoms with E-state index in [2.05, 4.69) is 26.1 Å². The molecule has 78 valence electrons. The molecule has 1 N–H and O–H groups in total. The minimum absolute atomic E-state index is 0.169. The molecule has 1 rings (SSSR count). The third-order valence-electron chi connectivity index (χ3n) is 2.51. The average molecular weight is 195 g/mol. The molecule has 0 spiro atoms. The van der Waals surface area contributed by atoms with Gasteiger partial charge in [-0.1, -0.05) is 19.9 Å². The van der Waals surface area contributed by atoms with Gasteiger partial charge in [0.1, 0.15) is 5.82 Å². The summed E-state index contributed by atoms with van der Waals surface area (Å²) in [5.74, 6) is 0.327. The molecule has 1 nitrogen and oxygen atoms in total. The first kappa shape index (κ1) is 11.0. The Kier molecular flexibility index (Phi) is 3.50. The number of rotatable bonds is 3. The van der Waals surface area contributed by atoms with Crippen molar-refractivity contribution in [1.82, 2.24) is 0 Å². The van der Waals surface area contributed by atoms with Crippen molar-refractivity contribution in [3.05, 3.63) is 29.6 Å². The van der Waals surface area contributed by atoms with Gasteiger partial charge in [0.05, 0.1) is 5.69 Å². The van der Waals surface area contributed by atoms with Crippen molar-refractivity contribution in [1.29, 1.82) is 0 Å². The molecule has 0 amide bonds. The van der Waals surface area contributed by atoms with Crippen LogP contribution < -0.4 is 5.32 Å². The average Bonchev–Trinajstić information content (AvgIpc) is 2.09. The fraction of sp³-hybridized carbons (Fsp3) is 0.500. The third kappa shape index (κ3) is 2.72. The molecular weight excluding hydrogens is 177 g/mol. The summed E-state index contributed by atoms with van der Waals surface area (Å²) in [4.78, 5) is 0. The zero-order valence-electron chi connectivity index (χ0n) is 9.26. The molecule has 0 saturated heterocycles. The summed E-state index contributed by atoms with van der Waals surface area (Å²) in [6.07, 6.45) is 0. The molecule has 0 heterocycles. The molecule has 1 atom stereocenters. The molecule has 0 aliphatic rings. The van der Waals surface area contributed by atoms with Crippen molar-refractivity contribution in [2.75, 3.05) is 5.32 Å².